The molecule has 1 saturated carbocycles. The minimum atomic E-state index is -0.0318. The van der Waals surface area contributed by atoms with Crippen LogP contribution in [0.2, 0.25) is 0 Å². The summed E-state index contributed by atoms with van der Waals surface area (Å²) in [5, 5.41) is 3.08. The molecule has 0 heterocycles. The maximum Gasteiger partial charge on any atom is 0.251 e. The fourth-order valence-electron chi connectivity index (χ4n) is 2.52. The molecule has 1 N–H and O–H groups in total. The Labute approximate surface area is 126 Å². The molecule has 0 radical (unpaired) electrons. The van der Waals surface area contributed by atoms with E-state index in [-0.39, 0.29) is 5.91 Å². The second-order valence-corrected chi connectivity index (χ2v) is 6.03. The molecule has 1 aliphatic rings. The van der Waals surface area contributed by atoms with Gasteiger partial charge < -0.3 is 14.8 Å². The fourth-order valence-corrected chi connectivity index (χ4v) is 2.52. The summed E-state index contributed by atoms with van der Waals surface area (Å²) in [6.45, 7) is 4.82. The first-order valence-corrected chi connectivity index (χ1v) is 7.72. The summed E-state index contributed by atoms with van der Waals surface area (Å²) >= 11 is 0. The summed E-state index contributed by atoms with van der Waals surface area (Å²) in [6.07, 6.45) is 4.57. The molecule has 4 heteroatoms. The van der Waals surface area contributed by atoms with E-state index in [1.165, 1.54) is 12.8 Å². The van der Waals surface area contributed by atoms with Gasteiger partial charge in [0, 0.05) is 11.6 Å². The van der Waals surface area contributed by atoms with Gasteiger partial charge in [0.2, 0.25) is 0 Å². The molecule has 0 aliphatic heterocycles. The van der Waals surface area contributed by atoms with E-state index in [4.69, 9.17) is 9.47 Å². The first-order chi connectivity index (χ1) is 10.1. The van der Waals surface area contributed by atoms with Gasteiger partial charge in [-0.2, -0.15) is 0 Å². The van der Waals surface area contributed by atoms with Crippen molar-refractivity contribution in [3.8, 4) is 11.5 Å². The Morgan fingerprint density at radius 1 is 1.29 bits per heavy atom. The Bertz CT molecular complexity index is 479. The molecule has 1 fully saturated rings. The third-order valence-corrected chi connectivity index (χ3v) is 3.69. The van der Waals surface area contributed by atoms with Crippen LogP contribution < -0.4 is 14.8 Å². The molecule has 0 bridgehead atoms. The van der Waals surface area contributed by atoms with E-state index in [2.05, 4.69) is 19.2 Å². The van der Waals surface area contributed by atoms with Crippen LogP contribution in [0.3, 0.4) is 0 Å². The van der Waals surface area contributed by atoms with Crippen LogP contribution in [0.1, 0.15) is 49.9 Å². The highest BCUT2D eigenvalue weighted by Gasteiger charge is 2.19. The quantitative estimate of drug-likeness (QED) is 0.874. The molecule has 4 nitrogen and oxygen atoms in total. The van der Waals surface area contributed by atoms with Crippen LogP contribution in [0.5, 0.6) is 11.5 Å². The molecule has 21 heavy (non-hydrogen) atoms. The lowest BCUT2D eigenvalue weighted by atomic mass is 10.1. The summed E-state index contributed by atoms with van der Waals surface area (Å²) in [4.78, 5) is 12.2. The predicted molar refractivity (Wildman–Crippen MR) is 83.0 cm³/mol. The number of methoxy groups -OCH3 is 1. The van der Waals surface area contributed by atoms with E-state index in [0.717, 1.165) is 12.8 Å². The monoisotopic (exact) mass is 291 g/mol. The van der Waals surface area contributed by atoms with Gasteiger partial charge in [0.15, 0.2) is 11.5 Å². The molecule has 0 unspecified atom stereocenters. The number of rotatable bonds is 6. The molecule has 0 saturated heterocycles. The SMILES string of the molecule is COc1cc(C(=O)NC2CCCC2)ccc1OCC(C)C. The predicted octanol–water partition coefficient (Wildman–Crippen LogP) is 3.40. The zero-order valence-electron chi connectivity index (χ0n) is 13.1. The molecule has 0 atom stereocenters. The molecule has 1 aliphatic carbocycles. The molecule has 1 aromatic carbocycles. The van der Waals surface area contributed by atoms with Crippen molar-refractivity contribution in [1.29, 1.82) is 0 Å². The summed E-state index contributed by atoms with van der Waals surface area (Å²) in [5.74, 6) is 1.70. The van der Waals surface area contributed by atoms with Crippen LogP contribution in [0.4, 0.5) is 0 Å². The number of nitrogens with one attached hydrogen (secondary N) is 1. The average molecular weight is 291 g/mol. The standard InChI is InChI=1S/C17H25NO3/c1-12(2)11-21-15-9-8-13(10-16(15)20-3)17(19)18-14-6-4-5-7-14/h8-10,12,14H,4-7,11H2,1-3H3,(H,18,19). The van der Waals surface area contributed by atoms with E-state index >= 15 is 0 Å². The van der Waals surface area contributed by atoms with Crippen LogP contribution in [0.25, 0.3) is 0 Å². The number of hydrogen-bond donors (Lipinski definition) is 1. The van der Waals surface area contributed by atoms with Crippen LogP contribution in [0.15, 0.2) is 18.2 Å². The van der Waals surface area contributed by atoms with Crippen molar-refractivity contribution in [2.24, 2.45) is 5.92 Å². The zero-order chi connectivity index (χ0) is 15.2. The summed E-state index contributed by atoms with van der Waals surface area (Å²) < 4.78 is 11.0. The molecule has 0 spiro atoms. The van der Waals surface area contributed by atoms with Gasteiger partial charge >= 0.3 is 0 Å². The van der Waals surface area contributed by atoms with Gasteiger partial charge in [-0.3, -0.25) is 4.79 Å². The largest absolute Gasteiger partial charge is 0.493 e. The number of carbonyl (C=O) groups is 1. The molecule has 0 aromatic heterocycles. The van der Waals surface area contributed by atoms with Crippen LogP contribution in [0, 0.1) is 5.92 Å². The third-order valence-electron chi connectivity index (χ3n) is 3.69. The van der Waals surface area contributed by atoms with Crippen molar-refractivity contribution in [2.45, 2.75) is 45.6 Å². The topological polar surface area (TPSA) is 47.6 Å². The van der Waals surface area contributed by atoms with Crippen molar-refractivity contribution in [3.05, 3.63) is 23.8 Å². The normalized spacial score (nSPS) is 15.2. The van der Waals surface area contributed by atoms with Crippen molar-refractivity contribution >= 4 is 5.91 Å². The van der Waals surface area contributed by atoms with E-state index in [9.17, 15) is 4.79 Å². The Hall–Kier alpha value is -1.71. The van der Waals surface area contributed by atoms with Gasteiger partial charge in [-0.1, -0.05) is 26.7 Å². The van der Waals surface area contributed by atoms with Gasteiger partial charge in [-0.25, -0.2) is 0 Å². The molecule has 2 rings (SSSR count). The van der Waals surface area contributed by atoms with E-state index in [1.807, 2.05) is 6.07 Å². The molecule has 1 aromatic rings. The second-order valence-electron chi connectivity index (χ2n) is 6.03. The maximum atomic E-state index is 12.2. The maximum absolute atomic E-state index is 12.2. The summed E-state index contributed by atoms with van der Waals surface area (Å²) in [6, 6.07) is 5.67. The van der Waals surface area contributed by atoms with Gasteiger partial charge in [-0.15, -0.1) is 0 Å². The van der Waals surface area contributed by atoms with Gasteiger partial charge in [-0.05, 0) is 37.0 Å². The van der Waals surface area contributed by atoms with Gasteiger partial charge in [0.25, 0.3) is 5.91 Å². The van der Waals surface area contributed by atoms with Crippen molar-refractivity contribution < 1.29 is 14.3 Å². The van der Waals surface area contributed by atoms with Crippen LogP contribution in [-0.4, -0.2) is 25.7 Å². The van der Waals surface area contributed by atoms with Crippen molar-refractivity contribution in [3.63, 3.8) is 0 Å². The average Bonchev–Trinajstić information content (AvgIpc) is 2.97. The van der Waals surface area contributed by atoms with Crippen molar-refractivity contribution in [2.75, 3.05) is 13.7 Å². The highest BCUT2D eigenvalue weighted by Crippen LogP contribution is 2.28. The number of benzene rings is 1. The molecule has 1 amide bonds. The number of amides is 1. The first kappa shape index (κ1) is 15.7. The van der Waals surface area contributed by atoms with Crippen molar-refractivity contribution in [1.82, 2.24) is 5.32 Å². The Morgan fingerprint density at radius 3 is 2.62 bits per heavy atom. The van der Waals surface area contributed by atoms with E-state index in [0.29, 0.717) is 35.6 Å². The van der Waals surface area contributed by atoms with Crippen LogP contribution >= 0.6 is 0 Å². The van der Waals surface area contributed by atoms with Gasteiger partial charge in [0.1, 0.15) is 0 Å². The van der Waals surface area contributed by atoms with E-state index in [1.54, 1.807) is 19.2 Å². The highest BCUT2D eigenvalue weighted by molar-refractivity contribution is 5.95. The number of carbonyl (C=O) groups excluding carboxylic acids is 1. The minimum absolute atomic E-state index is 0.0318. The lowest BCUT2D eigenvalue weighted by molar-refractivity contribution is 0.0937. The van der Waals surface area contributed by atoms with E-state index < -0.39 is 0 Å². The molecule has 116 valence electrons. The smallest absolute Gasteiger partial charge is 0.251 e. The second kappa shape index (κ2) is 7.34. The number of ether oxygens (including phenoxy) is 2. The highest BCUT2D eigenvalue weighted by atomic mass is 16.5. The van der Waals surface area contributed by atoms with Crippen LogP contribution in [-0.2, 0) is 0 Å². The third kappa shape index (κ3) is 4.38. The Kier molecular flexibility index (Phi) is 5.48. The minimum Gasteiger partial charge on any atom is -0.493 e. The summed E-state index contributed by atoms with van der Waals surface area (Å²) in [5.41, 5.74) is 0.621. The molecular formula is C17H25NO3. The van der Waals surface area contributed by atoms with Gasteiger partial charge in [0.05, 0.1) is 13.7 Å². The fraction of sp³-hybridized carbons (Fsp3) is 0.588. The first-order valence-electron chi connectivity index (χ1n) is 7.72. The lowest BCUT2D eigenvalue weighted by Crippen LogP contribution is -2.32. The Balaban J connectivity index is 2.04. The molecular weight excluding hydrogens is 266 g/mol. The number of hydrogen-bond acceptors (Lipinski definition) is 3. The zero-order valence-corrected chi connectivity index (χ0v) is 13.1. The summed E-state index contributed by atoms with van der Waals surface area (Å²) in [7, 11) is 1.59. The lowest BCUT2D eigenvalue weighted by Gasteiger charge is -2.15. The Morgan fingerprint density at radius 2 is 2.00 bits per heavy atom.